The Kier molecular flexibility index (Phi) is 9.62. The molecule has 2 aromatic rings. The van der Waals surface area contributed by atoms with Gasteiger partial charge in [-0.05, 0) is 58.9 Å². The summed E-state index contributed by atoms with van der Waals surface area (Å²) in [6.07, 6.45) is 0. The number of thiophene rings is 1. The van der Waals surface area contributed by atoms with Gasteiger partial charge >= 0.3 is 0 Å². The quantitative estimate of drug-likeness (QED) is 0.596. The fraction of sp³-hybridized carbons (Fsp3) is 0.476. The molecule has 28 heavy (non-hydrogen) atoms. The summed E-state index contributed by atoms with van der Waals surface area (Å²) in [6, 6.07) is 8.05. The highest BCUT2D eigenvalue weighted by Gasteiger charge is 2.21. The molecule has 0 bridgehead atoms. The van der Waals surface area contributed by atoms with E-state index in [2.05, 4.69) is 36.2 Å². The monoisotopic (exact) mass is 426 g/mol. The lowest BCUT2D eigenvalue weighted by Gasteiger charge is -2.25. The molecular weight excluding hydrogens is 396 g/mol. The van der Waals surface area contributed by atoms with Crippen LogP contribution in [0.5, 0.6) is 11.5 Å². The molecule has 0 fully saturated rings. The fourth-order valence-electron chi connectivity index (χ4n) is 2.98. The number of carbonyl (C=O) groups excluding carboxylic acids is 1. The molecule has 0 atom stereocenters. The predicted octanol–water partition coefficient (Wildman–Crippen LogP) is 5.23. The summed E-state index contributed by atoms with van der Waals surface area (Å²) in [5.41, 5.74) is 1.96. The summed E-state index contributed by atoms with van der Waals surface area (Å²) >= 11 is 1.46. The van der Waals surface area contributed by atoms with Gasteiger partial charge in [0.2, 0.25) is 0 Å². The molecule has 0 saturated heterocycles. The number of nitrogens with one attached hydrogen (secondary N) is 1. The molecule has 1 heterocycles. The van der Waals surface area contributed by atoms with Crippen LogP contribution < -0.4 is 19.7 Å². The van der Waals surface area contributed by atoms with Crippen LogP contribution in [0.1, 0.15) is 44.3 Å². The Hall–Kier alpha value is -1.92. The van der Waals surface area contributed by atoms with E-state index >= 15 is 0 Å². The van der Waals surface area contributed by atoms with Crippen LogP contribution in [0, 0.1) is 0 Å². The molecule has 156 valence electrons. The topological polar surface area (TPSA) is 50.8 Å². The lowest BCUT2D eigenvalue weighted by atomic mass is 10.1. The maximum Gasteiger partial charge on any atom is 0.261 e. The van der Waals surface area contributed by atoms with Gasteiger partial charge in [-0.15, -0.1) is 23.7 Å². The molecule has 0 spiro atoms. The summed E-state index contributed by atoms with van der Waals surface area (Å²) in [6.45, 7) is 12.4. The van der Waals surface area contributed by atoms with E-state index in [-0.39, 0.29) is 24.4 Å². The first-order chi connectivity index (χ1) is 13.0. The van der Waals surface area contributed by atoms with Gasteiger partial charge in [0.1, 0.15) is 0 Å². The number of carbonyl (C=O) groups is 1. The summed E-state index contributed by atoms with van der Waals surface area (Å²) in [4.78, 5) is 16.2. The van der Waals surface area contributed by atoms with E-state index < -0.39 is 0 Å². The van der Waals surface area contributed by atoms with Crippen LogP contribution in [-0.2, 0) is 0 Å². The van der Waals surface area contributed by atoms with E-state index in [1.54, 1.807) is 7.11 Å². The molecule has 1 aromatic heterocycles. The van der Waals surface area contributed by atoms with Gasteiger partial charge in [0.25, 0.3) is 5.91 Å². The van der Waals surface area contributed by atoms with Crippen molar-refractivity contribution in [2.45, 2.75) is 40.7 Å². The molecule has 2 rings (SSSR count). The number of rotatable bonds is 9. The van der Waals surface area contributed by atoms with Crippen LogP contribution in [0.15, 0.2) is 24.3 Å². The SMILES string of the molecule is CCOc1c(-c2ccc(C(=O)NC(C)C)s2)ccc(N(CC)CC)c1OC.Cl. The Morgan fingerprint density at radius 3 is 2.32 bits per heavy atom. The lowest BCUT2D eigenvalue weighted by Crippen LogP contribution is -2.29. The Bertz CT molecular complexity index is 773. The fourth-order valence-corrected chi connectivity index (χ4v) is 3.91. The van der Waals surface area contributed by atoms with E-state index in [0.717, 1.165) is 40.7 Å². The summed E-state index contributed by atoms with van der Waals surface area (Å²) in [7, 11) is 1.67. The number of hydrogen-bond acceptors (Lipinski definition) is 5. The third kappa shape index (κ3) is 5.32. The average Bonchev–Trinajstić information content (AvgIpc) is 3.12. The number of anilines is 1. The highest BCUT2D eigenvalue weighted by atomic mass is 35.5. The van der Waals surface area contributed by atoms with Crippen LogP contribution in [0.2, 0.25) is 0 Å². The average molecular weight is 427 g/mol. The molecule has 1 aromatic carbocycles. The molecule has 5 nitrogen and oxygen atoms in total. The molecular formula is C21H31ClN2O3S. The molecule has 0 aliphatic rings. The van der Waals surface area contributed by atoms with E-state index in [1.165, 1.54) is 11.3 Å². The van der Waals surface area contributed by atoms with Gasteiger partial charge in [0.05, 0.1) is 24.3 Å². The summed E-state index contributed by atoms with van der Waals surface area (Å²) < 4.78 is 11.7. The zero-order valence-corrected chi connectivity index (χ0v) is 19.1. The number of halogens is 1. The Morgan fingerprint density at radius 2 is 1.79 bits per heavy atom. The van der Waals surface area contributed by atoms with Crippen molar-refractivity contribution in [3.8, 4) is 21.9 Å². The van der Waals surface area contributed by atoms with Crippen molar-refractivity contribution in [3.05, 3.63) is 29.1 Å². The van der Waals surface area contributed by atoms with Gasteiger partial charge in [-0.1, -0.05) is 0 Å². The van der Waals surface area contributed by atoms with Crippen molar-refractivity contribution >= 4 is 35.3 Å². The van der Waals surface area contributed by atoms with Crippen molar-refractivity contribution in [2.75, 3.05) is 31.7 Å². The van der Waals surface area contributed by atoms with Gasteiger partial charge in [0, 0.05) is 29.6 Å². The highest BCUT2D eigenvalue weighted by molar-refractivity contribution is 7.17. The first-order valence-corrected chi connectivity index (χ1v) is 10.3. The summed E-state index contributed by atoms with van der Waals surface area (Å²) in [5.74, 6) is 1.41. The number of hydrogen-bond donors (Lipinski definition) is 1. The van der Waals surface area contributed by atoms with Gasteiger partial charge in [-0.25, -0.2) is 0 Å². The van der Waals surface area contributed by atoms with Gasteiger partial charge in [-0.2, -0.15) is 0 Å². The smallest absolute Gasteiger partial charge is 0.261 e. The van der Waals surface area contributed by atoms with Crippen molar-refractivity contribution < 1.29 is 14.3 Å². The van der Waals surface area contributed by atoms with Crippen molar-refractivity contribution in [3.63, 3.8) is 0 Å². The second-order valence-electron chi connectivity index (χ2n) is 6.39. The third-order valence-corrected chi connectivity index (χ3v) is 5.32. The predicted molar refractivity (Wildman–Crippen MR) is 121 cm³/mol. The van der Waals surface area contributed by atoms with Gasteiger partial charge < -0.3 is 19.7 Å². The number of nitrogens with zero attached hydrogens (tertiary/aromatic N) is 1. The number of methoxy groups -OCH3 is 1. The number of ether oxygens (including phenoxy) is 2. The number of benzene rings is 1. The van der Waals surface area contributed by atoms with E-state index in [0.29, 0.717) is 11.5 Å². The normalized spacial score (nSPS) is 10.4. The standard InChI is InChI=1S/C21H30N2O3S.ClH/c1-7-23(8-2)16-11-10-15(19(26-9-3)20(16)25-6)17-12-13-18(27-17)21(24)22-14(4)5;/h10-14H,7-9H2,1-6H3,(H,22,24);1H. The van der Waals surface area contributed by atoms with Crippen LogP contribution >= 0.6 is 23.7 Å². The minimum Gasteiger partial charge on any atom is -0.491 e. The second-order valence-corrected chi connectivity index (χ2v) is 7.48. The lowest BCUT2D eigenvalue weighted by molar-refractivity contribution is 0.0947. The Balaban J connectivity index is 0.00000392. The first-order valence-electron chi connectivity index (χ1n) is 9.46. The molecule has 0 radical (unpaired) electrons. The largest absolute Gasteiger partial charge is 0.491 e. The molecule has 0 saturated carbocycles. The third-order valence-electron chi connectivity index (χ3n) is 4.20. The molecule has 7 heteroatoms. The van der Waals surface area contributed by atoms with Crippen LogP contribution in [0.4, 0.5) is 5.69 Å². The van der Waals surface area contributed by atoms with Crippen LogP contribution in [-0.4, -0.2) is 38.8 Å². The molecule has 1 N–H and O–H groups in total. The Morgan fingerprint density at radius 1 is 1.11 bits per heavy atom. The van der Waals surface area contributed by atoms with Crippen molar-refractivity contribution in [2.24, 2.45) is 0 Å². The second kappa shape index (κ2) is 11.2. The van der Waals surface area contributed by atoms with E-state index in [1.807, 2.05) is 32.9 Å². The molecule has 0 aliphatic carbocycles. The maximum atomic E-state index is 12.3. The first kappa shape index (κ1) is 24.1. The maximum absolute atomic E-state index is 12.3. The van der Waals surface area contributed by atoms with Gasteiger partial charge in [-0.3, -0.25) is 4.79 Å². The van der Waals surface area contributed by atoms with Crippen LogP contribution in [0.25, 0.3) is 10.4 Å². The number of amides is 1. The minimum absolute atomic E-state index is 0. The highest BCUT2D eigenvalue weighted by Crippen LogP contribution is 2.46. The summed E-state index contributed by atoms with van der Waals surface area (Å²) in [5, 5.41) is 2.93. The van der Waals surface area contributed by atoms with E-state index in [9.17, 15) is 4.79 Å². The van der Waals surface area contributed by atoms with Crippen LogP contribution in [0.3, 0.4) is 0 Å². The molecule has 1 amide bonds. The zero-order valence-electron chi connectivity index (χ0n) is 17.5. The Labute approximate surface area is 178 Å². The van der Waals surface area contributed by atoms with Crippen molar-refractivity contribution in [1.82, 2.24) is 5.32 Å². The zero-order chi connectivity index (χ0) is 20.0. The molecule has 0 unspecified atom stereocenters. The minimum atomic E-state index is -0.0501. The van der Waals surface area contributed by atoms with Crippen molar-refractivity contribution in [1.29, 1.82) is 0 Å². The molecule has 0 aliphatic heterocycles. The van der Waals surface area contributed by atoms with Gasteiger partial charge in [0.15, 0.2) is 11.5 Å². The van der Waals surface area contributed by atoms with E-state index in [4.69, 9.17) is 9.47 Å².